The third-order valence-electron chi connectivity index (χ3n) is 3.29. The Morgan fingerprint density at radius 1 is 1.21 bits per heavy atom. The molecule has 1 saturated heterocycles. The lowest BCUT2D eigenvalue weighted by molar-refractivity contribution is -0.124. The lowest BCUT2D eigenvalue weighted by Gasteiger charge is -2.11. The monoisotopic (exact) mass is 319 g/mol. The fourth-order valence-corrected chi connectivity index (χ4v) is 2.68. The average molecular weight is 320 g/mol. The number of fused-ring (bicyclic) bond motifs is 1. The van der Waals surface area contributed by atoms with Crippen molar-refractivity contribution in [2.24, 2.45) is 0 Å². The minimum atomic E-state index is -0.291. The molecule has 1 unspecified atom stereocenters. The summed E-state index contributed by atoms with van der Waals surface area (Å²) in [5.74, 6) is -0.0473. The van der Waals surface area contributed by atoms with Crippen molar-refractivity contribution in [1.82, 2.24) is 0 Å². The predicted molar refractivity (Wildman–Crippen MR) is 79.3 cm³/mol. The highest BCUT2D eigenvalue weighted by Gasteiger charge is 2.23. The van der Waals surface area contributed by atoms with Gasteiger partial charge >= 0.3 is 0 Å². The van der Waals surface area contributed by atoms with E-state index in [1.54, 1.807) is 0 Å². The highest BCUT2D eigenvalue weighted by atomic mass is 79.9. The first-order chi connectivity index (χ1) is 9.22. The van der Waals surface area contributed by atoms with Crippen LogP contribution in [0.25, 0.3) is 10.8 Å². The Hall–Kier alpha value is -1.39. The van der Waals surface area contributed by atoms with E-state index >= 15 is 0 Å². The van der Waals surface area contributed by atoms with Crippen LogP contribution in [0.3, 0.4) is 0 Å². The van der Waals surface area contributed by atoms with Gasteiger partial charge in [-0.05, 0) is 47.9 Å². The van der Waals surface area contributed by atoms with Crippen molar-refractivity contribution in [2.45, 2.75) is 18.9 Å². The largest absolute Gasteiger partial charge is 0.368 e. The van der Waals surface area contributed by atoms with Gasteiger partial charge in [0, 0.05) is 16.8 Å². The topological polar surface area (TPSA) is 38.3 Å². The molecule has 2 aromatic rings. The van der Waals surface area contributed by atoms with Crippen LogP contribution in [0.15, 0.2) is 40.9 Å². The second-order valence-corrected chi connectivity index (χ2v) is 5.61. The van der Waals surface area contributed by atoms with Gasteiger partial charge in [-0.25, -0.2) is 0 Å². The van der Waals surface area contributed by atoms with Gasteiger partial charge in [-0.2, -0.15) is 0 Å². The molecule has 1 amide bonds. The number of hydrogen-bond donors (Lipinski definition) is 1. The van der Waals surface area contributed by atoms with Crippen molar-refractivity contribution in [3.8, 4) is 0 Å². The van der Waals surface area contributed by atoms with Crippen molar-refractivity contribution >= 4 is 38.3 Å². The molecule has 0 aromatic heterocycles. The molecule has 1 aliphatic rings. The van der Waals surface area contributed by atoms with Crippen LogP contribution in [0.2, 0.25) is 0 Å². The third-order valence-corrected chi connectivity index (χ3v) is 3.79. The van der Waals surface area contributed by atoms with Gasteiger partial charge in [0.2, 0.25) is 0 Å². The summed E-state index contributed by atoms with van der Waals surface area (Å²) in [6.07, 6.45) is 1.48. The maximum atomic E-state index is 12.0. The molecule has 3 nitrogen and oxygen atoms in total. The number of amides is 1. The number of benzene rings is 2. The van der Waals surface area contributed by atoms with E-state index in [1.807, 2.05) is 30.3 Å². The second kappa shape index (κ2) is 5.31. The molecule has 98 valence electrons. The first-order valence-corrected chi connectivity index (χ1v) is 7.13. The molecule has 0 aliphatic carbocycles. The third kappa shape index (κ3) is 2.80. The Labute approximate surface area is 120 Å². The van der Waals surface area contributed by atoms with Crippen molar-refractivity contribution in [2.75, 3.05) is 11.9 Å². The highest BCUT2D eigenvalue weighted by Crippen LogP contribution is 2.23. The van der Waals surface area contributed by atoms with E-state index in [4.69, 9.17) is 4.74 Å². The van der Waals surface area contributed by atoms with E-state index < -0.39 is 0 Å². The summed E-state index contributed by atoms with van der Waals surface area (Å²) in [6.45, 7) is 0.684. The number of ether oxygens (including phenoxy) is 1. The summed E-state index contributed by atoms with van der Waals surface area (Å²) < 4.78 is 6.42. The van der Waals surface area contributed by atoms with Crippen LogP contribution in [0, 0.1) is 0 Å². The van der Waals surface area contributed by atoms with Gasteiger partial charge in [-0.1, -0.05) is 28.1 Å². The number of rotatable bonds is 2. The Morgan fingerprint density at radius 3 is 2.79 bits per heavy atom. The molecule has 0 radical (unpaired) electrons. The smallest absolute Gasteiger partial charge is 0.253 e. The van der Waals surface area contributed by atoms with Crippen molar-refractivity contribution in [3.63, 3.8) is 0 Å². The molecule has 3 rings (SSSR count). The molecule has 19 heavy (non-hydrogen) atoms. The summed E-state index contributed by atoms with van der Waals surface area (Å²) in [5.41, 5.74) is 0.815. The molecule has 0 spiro atoms. The number of halogens is 1. The van der Waals surface area contributed by atoms with E-state index in [0.29, 0.717) is 6.61 Å². The quantitative estimate of drug-likeness (QED) is 0.916. The highest BCUT2D eigenvalue weighted by molar-refractivity contribution is 9.10. The maximum Gasteiger partial charge on any atom is 0.253 e. The van der Waals surface area contributed by atoms with E-state index in [2.05, 4.69) is 27.3 Å². The summed E-state index contributed by atoms with van der Waals surface area (Å²) in [5, 5.41) is 5.16. The van der Waals surface area contributed by atoms with Crippen LogP contribution in [0.4, 0.5) is 5.69 Å². The Morgan fingerprint density at radius 2 is 2.00 bits per heavy atom. The zero-order valence-electron chi connectivity index (χ0n) is 10.4. The minimum Gasteiger partial charge on any atom is -0.368 e. The van der Waals surface area contributed by atoms with Crippen molar-refractivity contribution < 1.29 is 9.53 Å². The van der Waals surface area contributed by atoms with Gasteiger partial charge in [0.1, 0.15) is 6.10 Å². The summed E-state index contributed by atoms with van der Waals surface area (Å²) in [6, 6.07) is 12.0. The second-order valence-electron chi connectivity index (χ2n) is 4.70. The molecule has 1 fully saturated rings. The number of carbonyl (C=O) groups excluding carboxylic acids is 1. The molecular weight excluding hydrogens is 306 g/mol. The van der Waals surface area contributed by atoms with Crippen molar-refractivity contribution in [3.05, 3.63) is 40.9 Å². The molecule has 2 aromatic carbocycles. The molecule has 1 atom stereocenters. The molecule has 4 heteroatoms. The van der Waals surface area contributed by atoms with E-state index in [9.17, 15) is 4.79 Å². The van der Waals surface area contributed by atoms with Gasteiger partial charge < -0.3 is 10.1 Å². The van der Waals surface area contributed by atoms with Gasteiger partial charge in [0.05, 0.1) is 0 Å². The maximum absolute atomic E-state index is 12.0. The van der Waals surface area contributed by atoms with Crippen LogP contribution in [-0.4, -0.2) is 18.6 Å². The normalized spacial score (nSPS) is 18.7. The fourth-order valence-electron chi connectivity index (χ4n) is 2.30. The van der Waals surface area contributed by atoms with Crippen LogP contribution >= 0.6 is 15.9 Å². The van der Waals surface area contributed by atoms with Crippen LogP contribution in [0.1, 0.15) is 12.8 Å². The molecule has 0 bridgehead atoms. The number of carbonyl (C=O) groups is 1. The fraction of sp³-hybridized carbons (Fsp3) is 0.267. The summed E-state index contributed by atoms with van der Waals surface area (Å²) in [7, 11) is 0. The first-order valence-electron chi connectivity index (χ1n) is 6.34. The van der Waals surface area contributed by atoms with Crippen LogP contribution < -0.4 is 5.32 Å². The Balaban J connectivity index is 1.81. The Bertz CT molecular complexity index is 621. The number of hydrogen-bond acceptors (Lipinski definition) is 2. The first kappa shape index (κ1) is 12.6. The lowest BCUT2D eigenvalue weighted by atomic mass is 10.1. The predicted octanol–water partition coefficient (Wildman–Crippen LogP) is 3.72. The van der Waals surface area contributed by atoms with Gasteiger partial charge in [0.15, 0.2) is 0 Å². The van der Waals surface area contributed by atoms with Gasteiger partial charge in [0.25, 0.3) is 5.91 Å². The zero-order chi connectivity index (χ0) is 13.2. The van der Waals surface area contributed by atoms with E-state index in [0.717, 1.165) is 33.8 Å². The van der Waals surface area contributed by atoms with E-state index in [-0.39, 0.29) is 12.0 Å². The molecule has 1 heterocycles. The zero-order valence-corrected chi connectivity index (χ0v) is 11.9. The SMILES string of the molecule is O=C(Nc1ccc2cc(Br)ccc2c1)C1CCCO1. The molecule has 0 saturated carbocycles. The Kier molecular flexibility index (Phi) is 3.53. The summed E-state index contributed by atoms with van der Waals surface area (Å²) >= 11 is 3.45. The lowest BCUT2D eigenvalue weighted by Crippen LogP contribution is -2.26. The summed E-state index contributed by atoms with van der Waals surface area (Å²) in [4.78, 5) is 12.0. The molecule has 1 aliphatic heterocycles. The number of anilines is 1. The van der Waals surface area contributed by atoms with Crippen molar-refractivity contribution in [1.29, 1.82) is 0 Å². The van der Waals surface area contributed by atoms with Gasteiger partial charge in [-0.15, -0.1) is 0 Å². The molecular formula is C15H14BrNO2. The van der Waals surface area contributed by atoms with E-state index in [1.165, 1.54) is 0 Å². The average Bonchev–Trinajstić information content (AvgIpc) is 2.93. The number of nitrogens with one attached hydrogen (secondary N) is 1. The molecule has 1 N–H and O–H groups in total. The van der Waals surface area contributed by atoms with Gasteiger partial charge in [-0.3, -0.25) is 4.79 Å². The van der Waals surface area contributed by atoms with Crippen LogP contribution in [0.5, 0.6) is 0 Å². The minimum absolute atomic E-state index is 0.0473. The van der Waals surface area contributed by atoms with Crippen LogP contribution in [-0.2, 0) is 9.53 Å². The standard InChI is InChI=1S/C15H14BrNO2/c16-12-5-3-11-9-13(6-4-10(11)8-12)17-15(18)14-2-1-7-19-14/h3-6,8-9,14H,1-2,7H2,(H,17,18).